The number of ether oxygens (including phenoxy) is 2. The molecule has 7 unspecified atom stereocenters. The molecule has 0 amide bonds. The lowest BCUT2D eigenvalue weighted by molar-refractivity contribution is -0.268. The summed E-state index contributed by atoms with van der Waals surface area (Å²) < 4.78 is 12.5. The predicted octanol–water partition coefficient (Wildman–Crippen LogP) is 5.40. The fourth-order valence-electron chi connectivity index (χ4n) is 8.95. The van der Waals surface area contributed by atoms with Gasteiger partial charge in [-0.15, -0.1) is 6.58 Å². The summed E-state index contributed by atoms with van der Waals surface area (Å²) in [6.45, 7) is 5.80. The van der Waals surface area contributed by atoms with E-state index in [1.807, 2.05) is 12.2 Å². The molecule has 0 aromatic heterocycles. The predicted molar refractivity (Wildman–Crippen MR) is 146 cm³/mol. The third-order valence-corrected chi connectivity index (χ3v) is 11.0. The first-order valence-corrected chi connectivity index (χ1v) is 15.5. The quantitative estimate of drug-likeness (QED) is 0.202. The largest absolute Gasteiger partial charge is 0.487 e. The van der Waals surface area contributed by atoms with Crippen molar-refractivity contribution >= 4 is 5.97 Å². The second kappa shape index (κ2) is 10.7. The number of hydrogen-bond acceptors (Lipinski definition) is 6. The Morgan fingerprint density at radius 1 is 1.16 bits per heavy atom. The zero-order valence-corrected chi connectivity index (χ0v) is 23.0. The van der Waals surface area contributed by atoms with E-state index in [1.54, 1.807) is 0 Å². The summed E-state index contributed by atoms with van der Waals surface area (Å²) in [7, 11) is 0. The highest BCUT2D eigenvalue weighted by molar-refractivity contribution is 5.71. The molecular formula is C32H47NO5. The molecule has 2 saturated heterocycles. The van der Waals surface area contributed by atoms with Crippen LogP contribution in [0.2, 0.25) is 0 Å². The lowest BCUT2D eigenvalue weighted by atomic mass is 9.44. The first-order chi connectivity index (χ1) is 18.5. The van der Waals surface area contributed by atoms with Gasteiger partial charge >= 0.3 is 5.97 Å². The Morgan fingerprint density at radius 3 is 2.71 bits per heavy atom. The van der Waals surface area contributed by atoms with Gasteiger partial charge in [-0.1, -0.05) is 44.3 Å². The Hall–Kier alpha value is -1.63. The molecule has 2 heterocycles. The lowest BCUT2D eigenvalue weighted by Crippen LogP contribution is -2.77. The maximum atomic E-state index is 12.8. The second-order valence-corrected chi connectivity index (χ2v) is 13.1. The van der Waals surface area contributed by atoms with Crippen LogP contribution in [0, 0.1) is 23.2 Å². The van der Waals surface area contributed by atoms with Gasteiger partial charge in [0.2, 0.25) is 0 Å². The van der Waals surface area contributed by atoms with Crippen LogP contribution in [-0.4, -0.2) is 58.0 Å². The van der Waals surface area contributed by atoms with E-state index in [2.05, 4.69) is 17.6 Å². The van der Waals surface area contributed by atoms with Gasteiger partial charge in [0, 0.05) is 24.9 Å². The third-order valence-electron chi connectivity index (χ3n) is 11.0. The second-order valence-electron chi connectivity index (χ2n) is 13.1. The van der Waals surface area contributed by atoms with E-state index < -0.39 is 23.2 Å². The first-order valence-electron chi connectivity index (χ1n) is 15.5. The standard InChI is InChI=1S/C32H47NO5/c1-2-3-4-5-6-7-8-9-13-27(35)37-25-15-14-23-20-26-32(36)17-16-24(34)30-31(32,28(23)29(25)38-30)18-19-33(26)21-22-11-10-12-22/h2,14-15,22-24,26,28,30,34,36H,1,3-13,16-21H2. The van der Waals surface area contributed by atoms with E-state index >= 15 is 0 Å². The Morgan fingerprint density at radius 2 is 1.95 bits per heavy atom. The number of carbonyl (C=O) groups excluding carboxylic acids is 1. The molecule has 210 valence electrons. The number of nitrogens with zero attached hydrogens (tertiary/aromatic N) is 1. The zero-order valence-electron chi connectivity index (χ0n) is 23.0. The summed E-state index contributed by atoms with van der Waals surface area (Å²) in [6.07, 6.45) is 20.0. The third kappa shape index (κ3) is 4.30. The van der Waals surface area contributed by atoms with Crippen LogP contribution in [0.15, 0.2) is 36.3 Å². The molecule has 0 aromatic rings. The summed E-state index contributed by atoms with van der Waals surface area (Å²) in [5.74, 6) is 1.97. The number of rotatable bonds is 12. The summed E-state index contributed by atoms with van der Waals surface area (Å²) in [4.78, 5) is 15.4. The van der Waals surface area contributed by atoms with Gasteiger partial charge < -0.3 is 19.7 Å². The number of allylic oxidation sites excluding steroid dienone is 4. The fraction of sp³-hybridized carbons (Fsp3) is 0.781. The Kier molecular flexibility index (Phi) is 7.51. The minimum Gasteiger partial charge on any atom is -0.487 e. The molecule has 6 aliphatic rings. The zero-order chi connectivity index (χ0) is 26.3. The van der Waals surface area contributed by atoms with Gasteiger partial charge in [-0.3, -0.25) is 9.69 Å². The van der Waals surface area contributed by atoms with Gasteiger partial charge in [-0.2, -0.15) is 0 Å². The number of likely N-dealkylation sites (tertiary alicyclic amines) is 1. The number of esters is 1. The fourth-order valence-corrected chi connectivity index (χ4v) is 8.95. The average molecular weight is 526 g/mol. The maximum absolute atomic E-state index is 12.8. The molecule has 6 rings (SSSR count). The number of hydrogen-bond donors (Lipinski definition) is 2. The van der Waals surface area contributed by atoms with Crippen molar-refractivity contribution in [2.24, 2.45) is 23.2 Å². The lowest BCUT2D eigenvalue weighted by Gasteiger charge is -2.67. The van der Waals surface area contributed by atoms with E-state index in [1.165, 1.54) is 38.5 Å². The molecule has 2 aliphatic heterocycles. The minimum atomic E-state index is -0.881. The number of aliphatic hydroxyl groups is 2. The van der Waals surface area contributed by atoms with Crippen LogP contribution in [0.3, 0.4) is 0 Å². The molecule has 38 heavy (non-hydrogen) atoms. The number of piperidine rings is 1. The van der Waals surface area contributed by atoms with Crippen LogP contribution in [0.5, 0.6) is 0 Å². The van der Waals surface area contributed by atoms with Gasteiger partial charge in [0.15, 0.2) is 5.76 Å². The van der Waals surface area contributed by atoms with Crippen LogP contribution in [0.1, 0.15) is 96.3 Å². The van der Waals surface area contributed by atoms with Gasteiger partial charge in [-0.05, 0) is 82.2 Å². The van der Waals surface area contributed by atoms with Crippen molar-refractivity contribution in [2.75, 3.05) is 13.1 Å². The summed E-state index contributed by atoms with van der Waals surface area (Å²) in [5, 5.41) is 23.6. The molecule has 6 heteroatoms. The smallest absolute Gasteiger partial charge is 0.311 e. The molecule has 1 spiro atoms. The summed E-state index contributed by atoms with van der Waals surface area (Å²) in [5.41, 5.74) is -1.40. The van der Waals surface area contributed by atoms with Crippen LogP contribution >= 0.6 is 0 Å². The van der Waals surface area contributed by atoms with Gasteiger partial charge in [0.25, 0.3) is 0 Å². The molecule has 0 radical (unpaired) electrons. The van der Waals surface area contributed by atoms with E-state index in [-0.39, 0.29) is 23.8 Å². The monoisotopic (exact) mass is 525 g/mol. The SMILES string of the molecule is C=CCCCCCCCCC(=O)OC1=C2OC3C(O)CCC4(O)C5CC(C=C1)C2C34CCN5CC1CCC1. The van der Waals surface area contributed by atoms with E-state index in [0.29, 0.717) is 30.8 Å². The molecule has 4 aliphatic carbocycles. The molecule has 6 nitrogen and oxygen atoms in total. The van der Waals surface area contributed by atoms with Crippen molar-refractivity contribution in [3.05, 3.63) is 36.3 Å². The van der Waals surface area contributed by atoms with Gasteiger partial charge in [-0.25, -0.2) is 0 Å². The van der Waals surface area contributed by atoms with Crippen LogP contribution in [0.25, 0.3) is 0 Å². The van der Waals surface area contributed by atoms with Gasteiger partial charge in [0.05, 0.1) is 17.1 Å². The van der Waals surface area contributed by atoms with Crippen molar-refractivity contribution in [2.45, 2.75) is 120 Å². The van der Waals surface area contributed by atoms with Crippen molar-refractivity contribution < 1.29 is 24.5 Å². The molecule has 7 atom stereocenters. The highest BCUT2D eigenvalue weighted by atomic mass is 16.6. The number of aliphatic hydroxyl groups excluding tert-OH is 1. The Labute approximate surface area is 228 Å². The maximum Gasteiger partial charge on any atom is 0.311 e. The van der Waals surface area contributed by atoms with E-state index in [9.17, 15) is 15.0 Å². The molecule has 2 bridgehead atoms. The number of unbranched alkanes of at least 4 members (excludes halogenated alkanes) is 6. The van der Waals surface area contributed by atoms with Crippen LogP contribution in [-0.2, 0) is 14.3 Å². The molecule has 3 saturated carbocycles. The molecule has 2 N–H and O–H groups in total. The first kappa shape index (κ1) is 26.6. The number of carbonyl (C=O) groups is 1. The highest BCUT2D eigenvalue weighted by Gasteiger charge is 2.76. The van der Waals surface area contributed by atoms with Crippen LogP contribution in [0.4, 0.5) is 0 Å². The van der Waals surface area contributed by atoms with Crippen molar-refractivity contribution in [1.29, 1.82) is 0 Å². The molecular weight excluding hydrogens is 478 g/mol. The van der Waals surface area contributed by atoms with Crippen molar-refractivity contribution in [1.82, 2.24) is 4.90 Å². The van der Waals surface area contributed by atoms with E-state index in [0.717, 1.165) is 57.5 Å². The topological polar surface area (TPSA) is 79.2 Å². The average Bonchev–Trinajstić information content (AvgIpc) is 3.23. The molecule has 0 aromatic carbocycles. The summed E-state index contributed by atoms with van der Waals surface area (Å²) >= 11 is 0. The van der Waals surface area contributed by atoms with Crippen molar-refractivity contribution in [3.8, 4) is 0 Å². The minimum absolute atomic E-state index is 0.0297. The van der Waals surface area contributed by atoms with Crippen LogP contribution < -0.4 is 0 Å². The highest BCUT2D eigenvalue weighted by Crippen LogP contribution is 2.70. The van der Waals surface area contributed by atoms with Crippen molar-refractivity contribution in [3.63, 3.8) is 0 Å². The Balaban J connectivity index is 1.15. The summed E-state index contributed by atoms with van der Waals surface area (Å²) in [6, 6.07) is 0.0987. The Bertz CT molecular complexity index is 971. The van der Waals surface area contributed by atoms with Gasteiger partial charge in [0.1, 0.15) is 11.9 Å². The van der Waals surface area contributed by atoms with E-state index in [4.69, 9.17) is 9.47 Å². The molecule has 5 fully saturated rings. The normalized spacial score (nSPS) is 39.4.